The van der Waals surface area contributed by atoms with Gasteiger partial charge >= 0.3 is 0 Å². The van der Waals surface area contributed by atoms with Crippen molar-refractivity contribution in [3.63, 3.8) is 0 Å². The maximum absolute atomic E-state index is 13.9. The predicted molar refractivity (Wildman–Crippen MR) is 142 cm³/mol. The summed E-state index contributed by atoms with van der Waals surface area (Å²) >= 11 is 0. The first-order chi connectivity index (χ1) is 18.9. The molecule has 0 bridgehead atoms. The van der Waals surface area contributed by atoms with E-state index in [1.165, 1.54) is 15.3 Å². The van der Waals surface area contributed by atoms with Crippen molar-refractivity contribution < 1.29 is 9.21 Å². The molecule has 12 nitrogen and oxygen atoms in total. The van der Waals surface area contributed by atoms with E-state index in [1.54, 1.807) is 61.5 Å². The fourth-order valence-electron chi connectivity index (χ4n) is 4.28. The monoisotopic (exact) mass is 519 g/mol. The molecule has 1 atom stereocenters. The number of nitrogen functional groups attached to an aromatic ring is 1. The van der Waals surface area contributed by atoms with E-state index in [-0.39, 0.29) is 28.3 Å². The predicted octanol–water partition coefficient (Wildman–Crippen LogP) is 2.23. The van der Waals surface area contributed by atoms with Crippen LogP contribution in [0.5, 0.6) is 0 Å². The smallest absolute Gasteiger partial charge is 0.270 e. The first kappa shape index (κ1) is 23.7. The lowest BCUT2D eigenvalue weighted by Crippen LogP contribution is -2.33. The number of anilines is 1. The highest BCUT2D eigenvalue weighted by atomic mass is 16.3. The number of aromatic nitrogens is 7. The molecule has 0 fully saturated rings. The molecule has 0 spiro atoms. The Kier molecular flexibility index (Phi) is 5.65. The molecule has 5 aromatic heterocycles. The highest BCUT2D eigenvalue weighted by Gasteiger charge is 2.25. The molecule has 0 saturated heterocycles. The molecule has 1 aromatic carbocycles. The van der Waals surface area contributed by atoms with Crippen LogP contribution in [-0.4, -0.2) is 39.8 Å². The lowest BCUT2D eigenvalue weighted by atomic mass is 10.2. The van der Waals surface area contributed by atoms with Gasteiger partial charge in [0.05, 0.1) is 17.3 Å². The van der Waals surface area contributed by atoms with Gasteiger partial charge in [0.25, 0.3) is 11.5 Å². The van der Waals surface area contributed by atoms with Crippen LogP contribution in [0.2, 0.25) is 0 Å². The summed E-state index contributed by atoms with van der Waals surface area (Å²) in [6.45, 7) is 1.71. The van der Waals surface area contributed by atoms with E-state index in [1.807, 2.05) is 18.2 Å². The number of rotatable bonds is 4. The minimum absolute atomic E-state index is 0.0319. The van der Waals surface area contributed by atoms with E-state index in [4.69, 9.17) is 10.2 Å². The van der Waals surface area contributed by atoms with Gasteiger partial charge in [0.15, 0.2) is 11.5 Å². The summed E-state index contributed by atoms with van der Waals surface area (Å²) in [5, 5.41) is 11.5. The first-order valence-electron chi connectivity index (χ1n) is 11.9. The fourth-order valence-corrected chi connectivity index (χ4v) is 4.28. The van der Waals surface area contributed by atoms with Crippen LogP contribution < -0.4 is 16.6 Å². The number of carbonyl (C=O) groups is 1. The molecule has 3 N–H and O–H groups in total. The highest BCUT2D eigenvalue weighted by molar-refractivity contribution is 6.04. The third-order valence-electron chi connectivity index (χ3n) is 6.07. The van der Waals surface area contributed by atoms with Crippen LogP contribution in [-0.2, 0) is 7.05 Å². The number of hydrogen-bond donors (Lipinski definition) is 2. The molecule has 0 saturated carbocycles. The zero-order valence-electron chi connectivity index (χ0n) is 20.9. The molecule has 5 heterocycles. The van der Waals surface area contributed by atoms with Gasteiger partial charge in [-0.3, -0.25) is 18.8 Å². The largest absolute Gasteiger partial charge is 0.445 e. The standard InChI is InChI=1S/C27H21N9O3/c1-16(30-25(37)21-22(28)33-35-13-6-12-29-24(21)35)23-31-26-20(27(38)36(23)19-7-4-3-5-8-19)17(15-39-26)9-10-18-11-14-34(2)32-18/h3-8,11-16H,1-2H3,(H2,28,33)(H,30,37). The summed E-state index contributed by atoms with van der Waals surface area (Å²) < 4.78 is 10.2. The molecule has 12 heteroatoms. The van der Waals surface area contributed by atoms with Crippen LogP contribution in [0.4, 0.5) is 5.82 Å². The summed E-state index contributed by atoms with van der Waals surface area (Å²) in [6, 6.07) is 11.7. The van der Waals surface area contributed by atoms with Gasteiger partial charge in [0, 0.05) is 25.6 Å². The highest BCUT2D eigenvalue weighted by Crippen LogP contribution is 2.23. The Morgan fingerprint density at radius 3 is 2.69 bits per heavy atom. The lowest BCUT2D eigenvalue weighted by Gasteiger charge is -2.18. The molecule has 0 radical (unpaired) electrons. The van der Waals surface area contributed by atoms with Crippen LogP contribution >= 0.6 is 0 Å². The van der Waals surface area contributed by atoms with Crippen molar-refractivity contribution in [1.29, 1.82) is 0 Å². The fraction of sp³-hybridized carbons (Fsp3) is 0.111. The van der Waals surface area contributed by atoms with Crippen molar-refractivity contribution in [2.45, 2.75) is 13.0 Å². The topological polar surface area (TPSA) is 151 Å². The summed E-state index contributed by atoms with van der Waals surface area (Å²) in [4.78, 5) is 36.1. The Morgan fingerprint density at radius 2 is 1.92 bits per heavy atom. The second kappa shape index (κ2) is 9.31. The molecular formula is C27H21N9O3. The van der Waals surface area contributed by atoms with E-state index < -0.39 is 17.5 Å². The SMILES string of the molecule is CC(NC(=O)c1c(N)nn2cccnc12)c1nc2occ(C#Cc3ccn(C)n3)c2c(=O)n1-c1ccccc1. The van der Waals surface area contributed by atoms with Crippen LogP contribution in [0.25, 0.3) is 22.4 Å². The van der Waals surface area contributed by atoms with Crippen molar-refractivity contribution in [3.8, 4) is 17.5 Å². The molecule has 39 heavy (non-hydrogen) atoms. The lowest BCUT2D eigenvalue weighted by molar-refractivity contribution is 0.0940. The van der Waals surface area contributed by atoms with Gasteiger partial charge in [0.2, 0.25) is 5.71 Å². The zero-order valence-corrected chi connectivity index (χ0v) is 20.9. The quantitative estimate of drug-likeness (QED) is 0.337. The molecule has 192 valence electrons. The summed E-state index contributed by atoms with van der Waals surface area (Å²) in [6.07, 6.45) is 6.36. The van der Waals surface area contributed by atoms with Crippen molar-refractivity contribution in [3.05, 3.63) is 100 Å². The summed E-state index contributed by atoms with van der Waals surface area (Å²) in [5.41, 5.74) is 7.67. The third kappa shape index (κ3) is 4.17. The number of para-hydroxylation sites is 1. The van der Waals surface area contributed by atoms with Gasteiger partial charge in [-0.25, -0.2) is 9.50 Å². The summed E-state index contributed by atoms with van der Waals surface area (Å²) in [7, 11) is 1.79. The number of nitrogens with two attached hydrogens (primary N) is 1. The molecule has 0 aliphatic heterocycles. The Balaban J connectivity index is 1.45. The number of amides is 1. The minimum Gasteiger partial charge on any atom is -0.445 e. The number of nitrogens with zero attached hydrogens (tertiary/aromatic N) is 7. The second-order valence-corrected chi connectivity index (χ2v) is 8.74. The molecule has 1 unspecified atom stereocenters. The van der Waals surface area contributed by atoms with E-state index >= 15 is 0 Å². The Hall–Kier alpha value is -5.70. The Labute approximate surface area is 220 Å². The van der Waals surface area contributed by atoms with Crippen molar-refractivity contribution in [2.75, 3.05) is 5.73 Å². The van der Waals surface area contributed by atoms with Crippen molar-refractivity contribution in [2.24, 2.45) is 7.05 Å². The van der Waals surface area contributed by atoms with E-state index in [0.29, 0.717) is 22.6 Å². The van der Waals surface area contributed by atoms with Crippen molar-refractivity contribution in [1.82, 2.24) is 39.2 Å². The van der Waals surface area contributed by atoms with Gasteiger partial charge in [-0.2, -0.15) is 10.1 Å². The normalized spacial score (nSPS) is 11.8. The minimum atomic E-state index is -0.735. The maximum atomic E-state index is 13.9. The number of fused-ring (bicyclic) bond motifs is 2. The van der Waals surface area contributed by atoms with Gasteiger partial charge in [-0.05, 0) is 37.1 Å². The zero-order chi connectivity index (χ0) is 27.1. The van der Waals surface area contributed by atoms with Crippen LogP contribution in [0, 0.1) is 11.8 Å². The number of hydrogen-bond acceptors (Lipinski definition) is 8. The van der Waals surface area contributed by atoms with Gasteiger partial charge in [0.1, 0.15) is 28.7 Å². The summed E-state index contributed by atoms with van der Waals surface area (Å²) in [5.74, 6) is 5.69. The average Bonchev–Trinajstić information content (AvgIpc) is 3.63. The molecule has 6 rings (SSSR count). The van der Waals surface area contributed by atoms with Crippen LogP contribution in [0.3, 0.4) is 0 Å². The number of benzene rings is 1. The van der Waals surface area contributed by atoms with Gasteiger partial charge in [-0.1, -0.05) is 24.1 Å². The third-order valence-corrected chi connectivity index (χ3v) is 6.07. The van der Waals surface area contributed by atoms with E-state index in [2.05, 4.69) is 37.3 Å². The number of furan rings is 1. The van der Waals surface area contributed by atoms with Gasteiger partial charge < -0.3 is 15.5 Å². The molecule has 0 aliphatic rings. The number of aryl methyl sites for hydroxylation is 1. The molecular weight excluding hydrogens is 498 g/mol. The maximum Gasteiger partial charge on any atom is 0.270 e. The van der Waals surface area contributed by atoms with Crippen LogP contribution in [0.15, 0.2) is 76.5 Å². The number of carbonyl (C=O) groups excluding carboxylic acids is 1. The molecule has 0 aliphatic carbocycles. The van der Waals surface area contributed by atoms with Gasteiger partial charge in [-0.15, -0.1) is 5.10 Å². The first-order valence-corrected chi connectivity index (χ1v) is 11.9. The van der Waals surface area contributed by atoms with E-state index in [9.17, 15) is 9.59 Å². The van der Waals surface area contributed by atoms with Crippen LogP contribution in [0.1, 0.15) is 40.4 Å². The Morgan fingerprint density at radius 1 is 1.10 bits per heavy atom. The number of nitrogens with one attached hydrogen (secondary N) is 1. The second-order valence-electron chi connectivity index (χ2n) is 8.74. The van der Waals surface area contributed by atoms with Crippen molar-refractivity contribution >= 4 is 28.5 Å². The molecule has 1 amide bonds. The molecule has 6 aromatic rings. The average molecular weight is 520 g/mol. The van der Waals surface area contributed by atoms with E-state index in [0.717, 1.165) is 0 Å². The Bertz CT molecular complexity index is 1990.